The van der Waals surface area contributed by atoms with E-state index in [-0.39, 0.29) is 5.92 Å². The Hall–Kier alpha value is -0.830. The van der Waals surface area contributed by atoms with Gasteiger partial charge < -0.3 is 10.2 Å². The van der Waals surface area contributed by atoms with Crippen molar-refractivity contribution in [3.8, 4) is 0 Å². The van der Waals surface area contributed by atoms with Crippen LogP contribution in [0.4, 0.5) is 0 Å². The first-order valence-electron chi connectivity index (χ1n) is 7.02. The lowest BCUT2D eigenvalue weighted by atomic mass is 9.93. The largest absolute Gasteiger partial charge is 0.341 e. The molecular weight excluding hydrogens is 212 g/mol. The van der Waals surface area contributed by atoms with Gasteiger partial charge in [-0.25, -0.2) is 0 Å². The topological polar surface area (TPSA) is 32.3 Å². The molecule has 1 amide bonds. The molecule has 2 fully saturated rings. The molecule has 0 radical (unpaired) electrons. The molecule has 0 saturated carbocycles. The molecule has 1 N–H and O–H groups in total. The molecule has 3 atom stereocenters. The van der Waals surface area contributed by atoms with E-state index in [1.165, 1.54) is 12.8 Å². The average molecular weight is 234 g/mol. The van der Waals surface area contributed by atoms with E-state index in [4.69, 9.17) is 0 Å². The predicted octanol–water partition coefficient (Wildman–Crippen LogP) is 1.55. The van der Waals surface area contributed by atoms with Crippen LogP contribution in [0.5, 0.6) is 0 Å². The normalized spacial score (nSPS) is 36.9. The van der Waals surface area contributed by atoms with E-state index in [1.54, 1.807) is 0 Å². The van der Waals surface area contributed by atoms with E-state index < -0.39 is 0 Å². The highest BCUT2D eigenvalue weighted by Gasteiger charge is 2.38. The van der Waals surface area contributed by atoms with Crippen molar-refractivity contribution < 1.29 is 4.79 Å². The summed E-state index contributed by atoms with van der Waals surface area (Å²) in [5, 5.41) is 3.56. The molecule has 3 nitrogen and oxygen atoms in total. The third-order valence-corrected chi connectivity index (χ3v) is 4.53. The zero-order chi connectivity index (χ0) is 11.7. The quantitative estimate of drug-likeness (QED) is 0.698. The first kappa shape index (κ1) is 11.3. The summed E-state index contributed by atoms with van der Waals surface area (Å²) in [6, 6.07) is 0.576. The maximum atomic E-state index is 12.4. The molecule has 17 heavy (non-hydrogen) atoms. The molecule has 3 rings (SSSR count). The smallest absolute Gasteiger partial charge is 0.226 e. The first-order valence-corrected chi connectivity index (χ1v) is 7.02. The summed E-state index contributed by atoms with van der Waals surface area (Å²) >= 11 is 0. The number of carbonyl (C=O) groups is 1. The summed E-state index contributed by atoms with van der Waals surface area (Å²) in [5.41, 5.74) is 0. The van der Waals surface area contributed by atoms with E-state index >= 15 is 0 Å². The Balaban J connectivity index is 1.61. The Morgan fingerprint density at radius 1 is 1.24 bits per heavy atom. The molecule has 2 heterocycles. The number of allylic oxidation sites excluding steroid dienone is 2. The lowest BCUT2D eigenvalue weighted by molar-refractivity contribution is -0.134. The number of piperidine rings is 1. The lowest BCUT2D eigenvalue weighted by Crippen LogP contribution is -2.41. The number of hydrogen-bond acceptors (Lipinski definition) is 2. The maximum Gasteiger partial charge on any atom is 0.226 e. The molecule has 0 aromatic heterocycles. The van der Waals surface area contributed by atoms with Crippen LogP contribution in [0.25, 0.3) is 0 Å². The van der Waals surface area contributed by atoms with E-state index in [0.717, 1.165) is 38.9 Å². The average Bonchev–Trinajstić information content (AvgIpc) is 2.82. The van der Waals surface area contributed by atoms with Gasteiger partial charge in [-0.1, -0.05) is 12.2 Å². The van der Waals surface area contributed by atoms with Crippen LogP contribution in [0.1, 0.15) is 32.1 Å². The van der Waals surface area contributed by atoms with Crippen LogP contribution in [0.15, 0.2) is 12.2 Å². The minimum absolute atomic E-state index is 0.264. The summed E-state index contributed by atoms with van der Waals surface area (Å²) < 4.78 is 0. The molecule has 1 aliphatic carbocycles. The SMILES string of the molecule is O=C(C1CC=CCC1)N1CC2CCCNC2C1. The van der Waals surface area contributed by atoms with Crippen molar-refractivity contribution >= 4 is 5.91 Å². The Morgan fingerprint density at radius 2 is 2.18 bits per heavy atom. The van der Waals surface area contributed by atoms with E-state index in [9.17, 15) is 4.79 Å². The van der Waals surface area contributed by atoms with E-state index in [1.807, 2.05) is 0 Å². The fraction of sp³-hybridized carbons (Fsp3) is 0.786. The zero-order valence-corrected chi connectivity index (χ0v) is 10.4. The van der Waals surface area contributed by atoms with Gasteiger partial charge in [0.15, 0.2) is 0 Å². The van der Waals surface area contributed by atoms with Crippen molar-refractivity contribution in [2.45, 2.75) is 38.1 Å². The van der Waals surface area contributed by atoms with Crippen LogP contribution >= 0.6 is 0 Å². The summed E-state index contributed by atoms with van der Waals surface area (Å²) in [4.78, 5) is 14.5. The van der Waals surface area contributed by atoms with Gasteiger partial charge >= 0.3 is 0 Å². The lowest BCUT2D eigenvalue weighted by Gasteiger charge is -2.24. The number of fused-ring (bicyclic) bond motifs is 1. The number of amides is 1. The fourth-order valence-corrected chi connectivity index (χ4v) is 3.50. The summed E-state index contributed by atoms with van der Waals surface area (Å²) in [6.07, 6.45) is 10.0. The number of nitrogens with zero attached hydrogens (tertiary/aromatic N) is 1. The standard InChI is InChI=1S/C14H22N2O/c17-14(11-5-2-1-3-6-11)16-9-12-7-4-8-15-13(12)10-16/h1-2,11-13,15H,3-10H2. The van der Waals surface area contributed by atoms with E-state index in [0.29, 0.717) is 17.9 Å². The van der Waals surface area contributed by atoms with Crippen molar-refractivity contribution in [1.82, 2.24) is 10.2 Å². The molecule has 0 aromatic rings. The highest BCUT2D eigenvalue weighted by molar-refractivity contribution is 5.79. The number of nitrogens with one attached hydrogen (secondary N) is 1. The van der Waals surface area contributed by atoms with Gasteiger partial charge in [0.1, 0.15) is 0 Å². The number of rotatable bonds is 1. The second kappa shape index (κ2) is 4.81. The molecule has 3 aliphatic rings. The zero-order valence-electron chi connectivity index (χ0n) is 10.4. The number of likely N-dealkylation sites (tertiary alicyclic amines) is 1. The molecule has 2 saturated heterocycles. The molecule has 0 bridgehead atoms. The Kier molecular flexibility index (Phi) is 3.19. The van der Waals surface area contributed by atoms with Crippen molar-refractivity contribution in [2.75, 3.05) is 19.6 Å². The fourth-order valence-electron chi connectivity index (χ4n) is 3.50. The molecule has 2 aliphatic heterocycles. The maximum absolute atomic E-state index is 12.4. The van der Waals surface area contributed by atoms with Gasteiger partial charge in [0.05, 0.1) is 0 Å². The molecule has 94 valence electrons. The van der Waals surface area contributed by atoms with Crippen molar-refractivity contribution in [3.63, 3.8) is 0 Å². The van der Waals surface area contributed by atoms with Gasteiger partial charge in [0.2, 0.25) is 5.91 Å². The molecule has 0 spiro atoms. The molecule has 3 unspecified atom stereocenters. The van der Waals surface area contributed by atoms with Gasteiger partial charge in [-0.2, -0.15) is 0 Å². The van der Waals surface area contributed by atoms with Gasteiger partial charge in [0, 0.05) is 25.0 Å². The minimum atomic E-state index is 0.264. The second-order valence-corrected chi connectivity index (χ2v) is 5.69. The number of carbonyl (C=O) groups excluding carboxylic acids is 1. The highest BCUT2D eigenvalue weighted by Crippen LogP contribution is 2.28. The molecule has 3 heteroatoms. The second-order valence-electron chi connectivity index (χ2n) is 5.69. The summed E-state index contributed by atoms with van der Waals surface area (Å²) in [6.45, 7) is 3.08. The summed E-state index contributed by atoms with van der Waals surface area (Å²) in [5.74, 6) is 1.39. The van der Waals surface area contributed by atoms with Gasteiger partial charge in [-0.05, 0) is 44.6 Å². The highest BCUT2D eigenvalue weighted by atomic mass is 16.2. The number of hydrogen-bond donors (Lipinski definition) is 1. The first-order chi connectivity index (χ1) is 8.34. The van der Waals surface area contributed by atoms with Crippen LogP contribution in [-0.2, 0) is 4.79 Å². The van der Waals surface area contributed by atoms with Crippen LogP contribution in [0, 0.1) is 11.8 Å². The monoisotopic (exact) mass is 234 g/mol. The van der Waals surface area contributed by atoms with Crippen molar-refractivity contribution in [2.24, 2.45) is 11.8 Å². The van der Waals surface area contributed by atoms with Crippen LogP contribution in [-0.4, -0.2) is 36.5 Å². The Morgan fingerprint density at radius 3 is 2.94 bits per heavy atom. The third kappa shape index (κ3) is 2.25. The van der Waals surface area contributed by atoms with Crippen molar-refractivity contribution in [1.29, 1.82) is 0 Å². The summed E-state index contributed by atoms with van der Waals surface area (Å²) in [7, 11) is 0. The van der Waals surface area contributed by atoms with Gasteiger partial charge in [0.25, 0.3) is 0 Å². The third-order valence-electron chi connectivity index (χ3n) is 4.53. The van der Waals surface area contributed by atoms with Crippen LogP contribution in [0.2, 0.25) is 0 Å². The Bertz CT molecular complexity index is 312. The van der Waals surface area contributed by atoms with Crippen LogP contribution in [0.3, 0.4) is 0 Å². The Labute approximate surface area is 103 Å². The van der Waals surface area contributed by atoms with Gasteiger partial charge in [-0.3, -0.25) is 4.79 Å². The van der Waals surface area contributed by atoms with Crippen LogP contribution < -0.4 is 5.32 Å². The predicted molar refractivity (Wildman–Crippen MR) is 67.6 cm³/mol. The molecule has 0 aromatic carbocycles. The molecular formula is C14H22N2O. The van der Waals surface area contributed by atoms with E-state index in [2.05, 4.69) is 22.4 Å². The van der Waals surface area contributed by atoms with Gasteiger partial charge in [-0.15, -0.1) is 0 Å². The minimum Gasteiger partial charge on any atom is -0.341 e. The van der Waals surface area contributed by atoms with Crippen molar-refractivity contribution in [3.05, 3.63) is 12.2 Å².